The third kappa shape index (κ3) is 5.13. The van der Waals surface area contributed by atoms with Crippen molar-refractivity contribution in [3.63, 3.8) is 0 Å². The Kier molecular flexibility index (Phi) is 6.93. The lowest BCUT2D eigenvalue weighted by Gasteiger charge is -2.30. The van der Waals surface area contributed by atoms with E-state index in [2.05, 4.69) is 10.3 Å². The fourth-order valence-corrected chi connectivity index (χ4v) is 6.82. The van der Waals surface area contributed by atoms with Gasteiger partial charge in [-0.25, -0.2) is 17.8 Å². The quantitative estimate of drug-likeness (QED) is 0.291. The normalized spacial score (nSPS) is 14.4. The Hall–Kier alpha value is -3.06. The van der Waals surface area contributed by atoms with E-state index >= 15 is 0 Å². The molecule has 0 aliphatic carbocycles. The third-order valence-electron chi connectivity index (χ3n) is 6.23. The number of benzene rings is 3. The van der Waals surface area contributed by atoms with E-state index in [-0.39, 0.29) is 41.4 Å². The number of fused-ring (bicyclic) bond motifs is 2. The van der Waals surface area contributed by atoms with Crippen LogP contribution in [0.1, 0.15) is 22.3 Å². The predicted molar refractivity (Wildman–Crippen MR) is 136 cm³/mol. The monoisotopic (exact) mass is 583 g/mol. The minimum Gasteiger partial charge on any atom is -0.324 e. The number of carbonyl (C=O) groups is 1. The molecule has 13 heteroatoms. The molecule has 5 rings (SSSR count). The summed E-state index contributed by atoms with van der Waals surface area (Å²) in [5.41, 5.74) is 2.62. The van der Waals surface area contributed by atoms with Crippen molar-refractivity contribution >= 4 is 54.8 Å². The van der Waals surface area contributed by atoms with Crippen molar-refractivity contribution in [2.45, 2.75) is 30.5 Å². The topological polar surface area (TPSA) is 79.4 Å². The summed E-state index contributed by atoms with van der Waals surface area (Å²) in [5, 5.41) is 2.89. The van der Waals surface area contributed by atoms with E-state index in [0.717, 1.165) is 10.8 Å². The van der Waals surface area contributed by atoms with Crippen LogP contribution in [-0.4, -0.2) is 30.2 Å². The Morgan fingerprint density at radius 1 is 1.13 bits per heavy atom. The maximum atomic E-state index is 13.9. The number of aromatic nitrogens is 1. The van der Waals surface area contributed by atoms with Gasteiger partial charge in [-0.15, -0.1) is 11.3 Å². The minimum atomic E-state index is -4.84. The van der Waals surface area contributed by atoms with Gasteiger partial charge >= 0.3 is 6.18 Å². The van der Waals surface area contributed by atoms with Crippen LogP contribution in [0.5, 0.6) is 0 Å². The van der Waals surface area contributed by atoms with Gasteiger partial charge in [0.2, 0.25) is 15.9 Å². The van der Waals surface area contributed by atoms with Gasteiger partial charge in [-0.3, -0.25) is 4.79 Å². The van der Waals surface area contributed by atoms with Crippen LogP contribution in [0, 0.1) is 5.82 Å². The van der Waals surface area contributed by atoms with Gasteiger partial charge in [0.1, 0.15) is 5.82 Å². The van der Waals surface area contributed by atoms with Gasteiger partial charge in [0, 0.05) is 13.1 Å². The summed E-state index contributed by atoms with van der Waals surface area (Å²) in [4.78, 5) is 17.0. The molecule has 6 nitrogen and oxygen atoms in total. The maximum Gasteiger partial charge on any atom is 0.419 e. The molecule has 0 saturated heterocycles. The number of rotatable bonds is 5. The number of hydrogen-bond donors (Lipinski definition) is 1. The highest BCUT2D eigenvalue weighted by molar-refractivity contribution is 7.89. The van der Waals surface area contributed by atoms with Gasteiger partial charge in [0.05, 0.1) is 43.3 Å². The fraction of sp³-hybridized carbons (Fsp3) is 0.200. The summed E-state index contributed by atoms with van der Waals surface area (Å²) in [5.74, 6) is -2.07. The molecule has 0 fully saturated rings. The van der Waals surface area contributed by atoms with Crippen LogP contribution in [0.3, 0.4) is 0 Å². The standard InChI is InChI=1S/C25H18ClF4N3O3S2/c26-19-5-2-15-12-33(38(35,36)16-3-6-21-22(11-16)37-13-31-21)8-7-17(15)24(19)32-23(34)10-14-1-4-18(20(27)9-14)25(28,29)30/h1-6,9,11,13H,7-8,10,12H2,(H,32,34). The van der Waals surface area contributed by atoms with Gasteiger partial charge in [0.25, 0.3) is 0 Å². The van der Waals surface area contributed by atoms with Crippen LogP contribution in [0.4, 0.5) is 23.2 Å². The molecule has 0 spiro atoms. The van der Waals surface area contributed by atoms with E-state index in [9.17, 15) is 30.8 Å². The molecule has 0 saturated carbocycles. The molecule has 2 heterocycles. The highest BCUT2D eigenvalue weighted by Crippen LogP contribution is 2.35. The van der Waals surface area contributed by atoms with Gasteiger partial charge in [-0.2, -0.15) is 17.5 Å². The van der Waals surface area contributed by atoms with E-state index in [0.29, 0.717) is 34.5 Å². The Labute approximate surface area is 223 Å². The zero-order valence-electron chi connectivity index (χ0n) is 19.4. The van der Waals surface area contributed by atoms with Crippen molar-refractivity contribution in [3.8, 4) is 0 Å². The van der Waals surface area contributed by atoms with E-state index in [1.807, 2.05) is 0 Å². The second-order valence-electron chi connectivity index (χ2n) is 8.67. The van der Waals surface area contributed by atoms with E-state index in [1.54, 1.807) is 23.7 Å². The number of nitrogens with zero attached hydrogens (tertiary/aromatic N) is 2. The number of sulfonamides is 1. The zero-order valence-corrected chi connectivity index (χ0v) is 21.7. The van der Waals surface area contributed by atoms with Gasteiger partial charge in [-0.1, -0.05) is 23.7 Å². The first-order valence-corrected chi connectivity index (χ1v) is 13.9. The van der Waals surface area contributed by atoms with Crippen LogP contribution in [-0.2, 0) is 40.4 Å². The molecular weight excluding hydrogens is 566 g/mol. The van der Waals surface area contributed by atoms with Crippen molar-refractivity contribution in [2.75, 3.05) is 11.9 Å². The maximum absolute atomic E-state index is 13.9. The zero-order chi connectivity index (χ0) is 27.2. The van der Waals surface area contributed by atoms with Crippen LogP contribution in [0.25, 0.3) is 10.2 Å². The van der Waals surface area contributed by atoms with Crippen molar-refractivity contribution in [1.29, 1.82) is 0 Å². The summed E-state index contributed by atoms with van der Waals surface area (Å²) in [7, 11) is -3.80. The highest BCUT2D eigenvalue weighted by atomic mass is 35.5. The number of nitrogens with one attached hydrogen (secondary N) is 1. The van der Waals surface area contributed by atoms with Gasteiger partial charge in [0.15, 0.2) is 0 Å². The molecule has 198 valence electrons. The molecule has 1 N–H and O–H groups in total. The van der Waals surface area contributed by atoms with E-state index in [4.69, 9.17) is 11.6 Å². The smallest absolute Gasteiger partial charge is 0.324 e. The van der Waals surface area contributed by atoms with Crippen molar-refractivity contribution < 1.29 is 30.8 Å². The highest BCUT2D eigenvalue weighted by Gasteiger charge is 2.34. The van der Waals surface area contributed by atoms with Crippen LogP contribution in [0.15, 0.2) is 58.9 Å². The molecule has 1 aliphatic heterocycles. The Bertz CT molecular complexity index is 1670. The van der Waals surface area contributed by atoms with Crippen molar-refractivity contribution in [3.05, 3.63) is 87.1 Å². The SMILES string of the molecule is O=C(Cc1ccc(C(F)(F)F)c(F)c1)Nc1c(Cl)ccc2c1CCN(S(=O)(=O)c1ccc3ncsc3c1)C2. The Balaban J connectivity index is 1.34. The number of hydrogen-bond acceptors (Lipinski definition) is 5. The number of amides is 1. The summed E-state index contributed by atoms with van der Waals surface area (Å²) >= 11 is 7.68. The Morgan fingerprint density at radius 2 is 1.92 bits per heavy atom. The first-order chi connectivity index (χ1) is 17.9. The molecule has 38 heavy (non-hydrogen) atoms. The lowest BCUT2D eigenvalue weighted by molar-refractivity contribution is -0.140. The van der Waals surface area contributed by atoms with E-state index < -0.39 is 33.5 Å². The molecule has 0 atom stereocenters. The molecule has 0 bridgehead atoms. The second-order valence-corrected chi connectivity index (χ2v) is 11.9. The largest absolute Gasteiger partial charge is 0.419 e. The molecule has 1 aromatic heterocycles. The predicted octanol–water partition coefficient (Wildman–Crippen LogP) is 6.04. The van der Waals surface area contributed by atoms with Crippen LogP contribution < -0.4 is 5.32 Å². The molecular formula is C25H18ClF4N3O3S2. The first kappa shape index (κ1) is 26.5. The van der Waals surface area contributed by atoms with Gasteiger partial charge < -0.3 is 5.32 Å². The average molecular weight is 584 g/mol. The molecule has 0 unspecified atom stereocenters. The summed E-state index contributed by atoms with van der Waals surface area (Å²) in [6.07, 6.45) is -4.95. The summed E-state index contributed by atoms with van der Waals surface area (Å²) in [6, 6.07) is 10.3. The van der Waals surface area contributed by atoms with Gasteiger partial charge in [-0.05, 0) is 59.5 Å². The molecule has 1 amide bonds. The first-order valence-electron chi connectivity index (χ1n) is 11.2. The summed E-state index contributed by atoms with van der Waals surface area (Å²) < 4.78 is 81.1. The number of alkyl halides is 3. The average Bonchev–Trinajstić information content (AvgIpc) is 3.33. The van der Waals surface area contributed by atoms with Crippen molar-refractivity contribution in [2.24, 2.45) is 0 Å². The molecule has 0 radical (unpaired) electrons. The van der Waals surface area contributed by atoms with Crippen LogP contribution in [0.2, 0.25) is 5.02 Å². The number of halogens is 5. The number of thiazole rings is 1. The number of carbonyl (C=O) groups excluding carboxylic acids is 1. The lowest BCUT2D eigenvalue weighted by atomic mass is 9.98. The molecule has 4 aromatic rings. The van der Waals surface area contributed by atoms with Crippen LogP contribution >= 0.6 is 22.9 Å². The summed E-state index contributed by atoms with van der Waals surface area (Å²) in [6.45, 7) is 0.200. The number of anilines is 1. The lowest BCUT2D eigenvalue weighted by Crippen LogP contribution is -2.36. The fourth-order valence-electron chi connectivity index (χ4n) is 4.35. The van der Waals surface area contributed by atoms with E-state index in [1.165, 1.54) is 27.8 Å². The molecule has 3 aromatic carbocycles. The molecule has 1 aliphatic rings. The minimum absolute atomic E-state index is 0.0581. The Morgan fingerprint density at radius 3 is 2.66 bits per heavy atom. The van der Waals surface area contributed by atoms with Crippen molar-refractivity contribution in [1.82, 2.24) is 9.29 Å². The third-order valence-corrected chi connectivity index (χ3v) is 9.17. The second kappa shape index (κ2) is 9.92.